The largest absolute Gasteiger partial charge is 0.292 e. The minimum absolute atomic E-state index is 0.0648. The Kier molecular flexibility index (Phi) is 4.10. The van der Waals surface area contributed by atoms with Gasteiger partial charge in [0.1, 0.15) is 0 Å². The molecule has 126 valence electrons. The molecule has 1 aliphatic carbocycles. The number of carbonyl (C=O) groups excluding carboxylic acids is 1. The number of benzene rings is 2. The minimum atomic E-state index is -0.330. The summed E-state index contributed by atoms with van der Waals surface area (Å²) in [5.74, 6) is -0.119. The molecule has 2 aromatic carbocycles. The number of ketones is 1. The second-order valence-corrected chi connectivity index (χ2v) is 7.07. The minimum Gasteiger partial charge on any atom is -0.292 e. The summed E-state index contributed by atoms with van der Waals surface area (Å²) in [6.07, 6.45) is 4.56. The van der Waals surface area contributed by atoms with Crippen LogP contribution in [0.2, 0.25) is 10.0 Å². The van der Waals surface area contributed by atoms with Crippen molar-refractivity contribution in [2.45, 2.75) is 25.8 Å². The molecule has 4 nitrogen and oxygen atoms in total. The Morgan fingerprint density at radius 3 is 2.76 bits per heavy atom. The van der Waals surface area contributed by atoms with Crippen molar-refractivity contribution in [1.82, 2.24) is 9.55 Å². The summed E-state index contributed by atoms with van der Waals surface area (Å²) in [4.78, 5) is 29.4. The Hall–Kier alpha value is -2.17. The van der Waals surface area contributed by atoms with Gasteiger partial charge < -0.3 is 0 Å². The fraction of sp³-hybridized carbons (Fsp3) is 0.211. The molecular weight excluding hydrogens is 359 g/mol. The number of halogens is 2. The van der Waals surface area contributed by atoms with E-state index in [0.29, 0.717) is 26.5 Å². The van der Waals surface area contributed by atoms with Gasteiger partial charge in [0.05, 0.1) is 28.8 Å². The zero-order valence-electron chi connectivity index (χ0n) is 13.3. The van der Waals surface area contributed by atoms with E-state index in [4.69, 9.17) is 23.2 Å². The molecule has 0 atom stereocenters. The first-order valence-electron chi connectivity index (χ1n) is 8.02. The molecule has 0 bridgehead atoms. The van der Waals surface area contributed by atoms with Crippen LogP contribution in [0.1, 0.15) is 27.9 Å². The lowest BCUT2D eigenvalue weighted by Gasteiger charge is -2.08. The topological polar surface area (TPSA) is 52.0 Å². The first-order chi connectivity index (χ1) is 12.0. The molecule has 0 aliphatic heterocycles. The highest BCUT2D eigenvalue weighted by atomic mass is 35.5. The lowest BCUT2D eigenvalue weighted by Crippen LogP contribution is -2.24. The predicted molar refractivity (Wildman–Crippen MR) is 98.8 cm³/mol. The standard InChI is InChI=1S/C19H14Cl2N2O2/c20-14-7-15-18(16(21)8-14)22-10-23(19(15)25)9-17(24)13-5-4-11-2-1-3-12(11)6-13/h4-8,10H,1-3,9H2. The second-order valence-electron chi connectivity index (χ2n) is 6.22. The smallest absolute Gasteiger partial charge is 0.261 e. The van der Waals surface area contributed by atoms with Crippen LogP contribution in [-0.4, -0.2) is 15.3 Å². The molecule has 6 heteroatoms. The summed E-state index contributed by atoms with van der Waals surface area (Å²) >= 11 is 12.1. The Morgan fingerprint density at radius 2 is 1.92 bits per heavy atom. The maximum atomic E-state index is 12.6. The number of Topliss-reactive ketones (excluding diaryl/α,β-unsaturated/α-hetero) is 1. The molecule has 0 fully saturated rings. The van der Waals surface area contributed by atoms with Crippen molar-refractivity contribution in [1.29, 1.82) is 0 Å². The van der Waals surface area contributed by atoms with Crippen LogP contribution in [0.4, 0.5) is 0 Å². The van der Waals surface area contributed by atoms with Crippen LogP contribution in [0.5, 0.6) is 0 Å². The van der Waals surface area contributed by atoms with Crippen molar-refractivity contribution in [2.75, 3.05) is 0 Å². The van der Waals surface area contributed by atoms with Crippen molar-refractivity contribution in [2.24, 2.45) is 0 Å². The number of rotatable bonds is 3. The monoisotopic (exact) mass is 372 g/mol. The number of hydrogen-bond donors (Lipinski definition) is 0. The molecule has 0 saturated carbocycles. The first kappa shape index (κ1) is 16.3. The average Bonchev–Trinajstić information content (AvgIpc) is 3.05. The van der Waals surface area contributed by atoms with Gasteiger partial charge in [-0.25, -0.2) is 4.98 Å². The van der Waals surface area contributed by atoms with Gasteiger partial charge in [0, 0.05) is 10.6 Å². The van der Waals surface area contributed by atoms with Gasteiger partial charge in [-0.2, -0.15) is 0 Å². The highest BCUT2D eigenvalue weighted by Gasteiger charge is 2.16. The summed E-state index contributed by atoms with van der Waals surface area (Å²) in [5, 5.41) is 0.984. The van der Waals surface area contributed by atoms with Gasteiger partial charge in [0.15, 0.2) is 5.78 Å². The van der Waals surface area contributed by atoms with E-state index < -0.39 is 0 Å². The zero-order chi connectivity index (χ0) is 17.6. The molecule has 1 aliphatic rings. The third kappa shape index (κ3) is 2.96. The zero-order valence-corrected chi connectivity index (χ0v) is 14.8. The van der Waals surface area contributed by atoms with Gasteiger partial charge in [-0.3, -0.25) is 14.2 Å². The molecule has 0 N–H and O–H groups in total. The van der Waals surface area contributed by atoms with Crippen LogP contribution < -0.4 is 5.56 Å². The summed E-state index contributed by atoms with van der Waals surface area (Å²) in [6, 6.07) is 8.85. The first-order valence-corrected chi connectivity index (χ1v) is 8.78. The van der Waals surface area contributed by atoms with Gasteiger partial charge in [-0.15, -0.1) is 0 Å². The second kappa shape index (κ2) is 6.28. The van der Waals surface area contributed by atoms with E-state index in [1.807, 2.05) is 18.2 Å². The highest BCUT2D eigenvalue weighted by molar-refractivity contribution is 6.38. The Balaban J connectivity index is 1.70. The van der Waals surface area contributed by atoms with Crippen LogP contribution in [0.15, 0.2) is 41.5 Å². The lowest BCUT2D eigenvalue weighted by molar-refractivity contribution is 0.0970. The number of nitrogens with zero attached hydrogens (tertiary/aromatic N) is 2. The number of aryl methyl sites for hydroxylation is 2. The molecule has 0 spiro atoms. The SMILES string of the molecule is O=C(Cn1cnc2c(Cl)cc(Cl)cc2c1=O)c1ccc2c(c1)CCC2. The Labute approximate surface area is 154 Å². The van der Waals surface area contributed by atoms with Gasteiger partial charge in [0.25, 0.3) is 5.56 Å². The Bertz CT molecular complexity index is 1070. The fourth-order valence-electron chi connectivity index (χ4n) is 3.30. The van der Waals surface area contributed by atoms with Crippen LogP contribution >= 0.6 is 23.2 Å². The molecule has 1 aromatic heterocycles. The van der Waals surface area contributed by atoms with Crippen LogP contribution in [0, 0.1) is 0 Å². The van der Waals surface area contributed by atoms with E-state index in [0.717, 1.165) is 19.3 Å². The van der Waals surface area contributed by atoms with Crippen molar-refractivity contribution >= 4 is 39.9 Å². The summed E-state index contributed by atoms with van der Waals surface area (Å²) in [7, 11) is 0. The predicted octanol–water partition coefficient (Wildman–Crippen LogP) is 4.07. The molecule has 0 saturated heterocycles. The maximum absolute atomic E-state index is 12.6. The number of fused-ring (bicyclic) bond motifs is 2. The van der Waals surface area contributed by atoms with E-state index in [2.05, 4.69) is 4.98 Å². The van der Waals surface area contributed by atoms with Crippen LogP contribution in [0.3, 0.4) is 0 Å². The van der Waals surface area contributed by atoms with Gasteiger partial charge >= 0.3 is 0 Å². The molecule has 3 aromatic rings. The quantitative estimate of drug-likeness (QED) is 0.651. The molecule has 1 heterocycles. The lowest BCUT2D eigenvalue weighted by atomic mass is 10.0. The number of aromatic nitrogens is 2. The third-order valence-electron chi connectivity index (χ3n) is 4.58. The van der Waals surface area contributed by atoms with E-state index >= 15 is 0 Å². The molecule has 25 heavy (non-hydrogen) atoms. The molecule has 4 rings (SSSR count). The van der Waals surface area contributed by atoms with Crippen molar-refractivity contribution in [3.8, 4) is 0 Å². The van der Waals surface area contributed by atoms with Crippen molar-refractivity contribution in [3.63, 3.8) is 0 Å². The molecule has 0 unspecified atom stereocenters. The Morgan fingerprint density at radius 1 is 1.12 bits per heavy atom. The average molecular weight is 373 g/mol. The van der Waals surface area contributed by atoms with E-state index in [-0.39, 0.29) is 17.9 Å². The normalized spacial score (nSPS) is 13.2. The molecule has 0 radical (unpaired) electrons. The van der Waals surface area contributed by atoms with Crippen molar-refractivity contribution < 1.29 is 4.79 Å². The summed E-state index contributed by atoms with van der Waals surface area (Å²) in [6.45, 7) is -0.0648. The summed E-state index contributed by atoms with van der Waals surface area (Å²) < 4.78 is 1.30. The number of hydrogen-bond acceptors (Lipinski definition) is 3. The fourth-order valence-corrected chi connectivity index (χ4v) is 3.84. The highest BCUT2D eigenvalue weighted by Crippen LogP contribution is 2.25. The van der Waals surface area contributed by atoms with Crippen molar-refractivity contribution in [3.05, 3.63) is 73.7 Å². The molecular formula is C19H14Cl2N2O2. The third-order valence-corrected chi connectivity index (χ3v) is 5.09. The molecule has 0 amide bonds. The number of carbonyl (C=O) groups is 1. The van der Waals surface area contributed by atoms with Gasteiger partial charge in [-0.1, -0.05) is 35.3 Å². The van der Waals surface area contributed by atoms with Crippen LogP contribution in [-0.2, 0) is 19.4 Å². The summed E-state index contributed by atoms with van der Waals surface area (Å²) in [5.41, 5.74) is 3.22. The maximum Gasteiger partial charge on any atom is 0.261 e. The van der Waals surface area contributed by atoms with E-state index in [9.17, 15) is 9.59 Å². The van der Waals surface area contributed by atoms with E-state index in [1.54, 1.807) is 0 Å². The van der Waals surface area contributed by atoms with Gasteiger partial charge in [0.2, 0.25) is 0 Å². The van der Waals surface area contributed by atoms with Crippen LogP contribution in [0.25, 0.3) is 10.9 Å². The van der Waals surface area contributed by atoms with Gasteiger partial charge in [-0.05, 0) is 48.6 Å². The van der Waals surface area contributed by atoms with E-state index in [1.165, 1.54) is 34.2 Å².